The second-order valence-electron chi connectivity index (χ2n) is 5.49. The van der Waals surface area contributed by atoms with Crippen LogP contribution in [0.15, 0.2) is 48.5 Å². The molecule has 0 heterocycles. The molecule has 2 rings (SSSR count). The standard InChI is InChI=1S/C19H23NO3/c1-4-14-7-5-6-8-17(14)19(22)20-13(2)18(21)15-9-11-16(23-3)12-10-15/h5-13,18,21H,4H2,1-3H3,(H,20,22). The summed E-state index contributed by atoms with van der Waals surface area (Å²) in [7, 11) is 1.60. The van der Waals surface area contributed by atoms with Crippen LogP contribution < -0.4 is 10.1 Å². The number of aryl methyl sites for hydroxylation is 1. The molecule has 2 unspecified atom stereocenters. The maximum atomic E-state index is 12.4. The van der Waals surface area contributed by atoms with Crippen molar-refractivity contribution in [3.63, 3.8) is 0 Å². The highest BCUT2D eigenvalue weighted by Crippen LogP contribution is 2.20. The molecule has 0 aliphatic rings. The Labute approximate surface area is 137 Å². The minimum Gasteiger partial charge on any atom is -0.497 e. The van der Waals surface area contributed by atoms with Gasteiger partial charge in [-0.15, -0.1) is 0 Å². The summed E-state index contributed by atoms with van der Waals surface area (Å²) in [5, 5.41) is 13.3. The van der Waals surface area contributed by atoms with E-state index in [1.807, 2.05) is 25.1 Å². The first kappa shape index (κ1) is 17.0. The second kappa shape index (κ2) is 7.79. The lowest BCUT2D eigenvalue weighted by molar-refractivity contribution is 0.0851. The average Bonchev–Trinajstić information content (AvgIpc) is 2.60. The molecule has 0 saturated carbocycles. The maximum Gasteiger partial charge on any atom is 0.251 e. The third kappa shape index (κ3) is 4.11. The third-order valence-electron chi connectivity index (χ3n) is 3.93. The van der Waals surface area contributed by atoms with Crippen molar-refractivity contribution < 1.29 is 14.6 Å². The highest BCUT2D eigenvalue weighted by molar-refractivity contribution is 5.95. The van der Waals surface area contributed by atoms with Crippen LogP contribution in [0.4, 0.5) is 0 Å². The normalized spacial score (nSPS) is 13.2. The first-order chi connectivity index (χ1) is 11.1. The van der Waals surface area contributed by atoms with Gasteiger partial charge in [-0.2, -0.15) is 0 Å². The van der Waals surface area contributed by atoms with E-state index in [4.69, 9.17) is 4.74 Å². The lowest BCUT2D eigenvalue weighted by Gasteiger charge is -2.21. The fourth-order valence-electron chi connectivity index (χ4n) is 2.50. The van der Waals surface area contributed by atoms with Crippen LogP contribution in [0.3, 0.4) is 0 Å². The van der Waals surface area contributed by atoms with Gasteiger partial charge in [-0.3, -0.25) is 4.79 Å². The van der Waals surface area contributed by atoms with Crippen molar-refractivity contribution in [1.82, 2.24) is 5.32 Å². The fraction of sp³-hybridized carbons (Fsp3) is 0.316. The molecule has 4 nitrogen and oxygen atoms in total. The monoisotopic (exact) mass is 313 g/mol. The van der Waals surface area contributed by atoms with Crippen molar-refractivity contribution in [3.8, 4) is 5.75 Å². The van der Waals surface area contributed by atoms with Crippen LogP contribution in [-0.4, -0.2) is 24.2 Å². The molecule has 0 bridgehead atoms. The van der Waals surface area contributed by atoms with E-state index in [0.29, 0.717) is 5.56 Å². The van der Waals surface area contributed by atoms with Gasteiger partial charge in [-0.25, -0.2) is 0 Å². The molecule has 0 saturated heterocycles. The first-order valence-corrected chi connectivity index (χ1v) is 7.77. The number of ether oxygens (including phenoxy) is 1. The summed E-state index contributed by atoms with van der Waals surface area (Å²) < 4.78 is 5.11. The van der Waals surface area contributed by atoms with E-state index in [9.17, 15) is 9.90 Å². The van der Waals surface area contributed by atoms with Crippen LogP contribution in [-0.2, 0) is 6.42 Å². The molecule has 0 spiro atoms. The van der Waals surface area contributed by atoms with Gasteiger partial charge in [0.2, 0.25) is 0 Å². The van der Waals surface area contributed by atoms with Crippen LogP contribution in [0, 0.1) is 0 Å². The molecule has 2 aromatic carbocycles. The third-order valence-corrected chi connectivity index (χ3v) is 3.93. The van der Waals surface area contributed by atoms with Gasteiger partial charge in [0.25, 0.3) is 5.91 Å². The Morgan fingerprint density at radius 2 is 1.83 bits per heavy atom. The second-order valence-corrected chi connectivity index (χ2v) is 5.49. The molecule has 2 aromatic rings. The van der Waals surface area contributed by atoms with Crippen LogP contribution in [0.25, 0.3) is 0 Å². The SMILES string of the molecule is CCc1ccccc1C(=O)NC(C)C(O)c1ccc(OC)cc1. The topological polar surface area (TPSA) is 58.6 Å². The van der Waals surface area contributed by atoms with Crippen LogP contribution in [0.1, 0.15) is 41.4 Å². The van der Waals surface area contributed by atoms with E-state index in [2.05, 4.69) is 5.32 Å². The lowest BCUT2D eigenvalue weighted by Crippen LogP contribution is -2.37. The van der Waals surface area contributed by atoms with E-state index in [1.165, 1.54) is 0 Å². The van der Waals surface area contributed by atoms with Crippen molar-refractivity contribution in [2.75, 3.05) is 7.11 Å². The Hall–Kier alpha value is -2.33. The fourth-order valence-corrected chi connectivity index (χ4v) is 2.50. The summed E-state index contributed by atoms with van der Waals surface area (Å²) >= 11 is 0. The molecule has 0 aromatic heterocycles. The number of rotatable bonds is 6. The van der Waals surface area contributed by atoms with Crippen molar-refractivity contribution in [1.29, 1.82) is 0 Å². The molecule has 122 valence electrons. The van der Waals surface area contributed by atoms with E-state index >= 15 is 0 Å². The number of amides is 1. The van der Waals surface area contributed by atoms with E-state index in [1.54, 1.807) is 44.4 Å². The minimum atomic E-state index is -0.779. The molecule has 2 atom stereocenters. The molecule has 0 aliphatic heterocycles. The lowest BCUT2D eigenvalue weighted by atomic mass is 10.0. The predicted molar refractivity (Wildman–Crippen MR) is 90.7 cm³/mol. The zero-order valence-corrected chi connectivity index (χ0v) is 13.7. The van der Waals surface area contributed by atoms with Gasteiger partial charge in [-0.05, 0) is 42.7 Å². The zero-order valence-electron chi connectivity index (χ0n) is 13.7. The summed E-state index contributed by atoms with van der Waals surface area (Å²) in [6, 6.07) is 14.3. The number of aliphatic hydroxyl groups is 1. The van der Waals surface area contributed by atoms with Gasteiger partial charge in [0.1, 0.15) is 5.75 Å². The molecular formula is C19H23NO3. The molecule has 0 fully saturated rings. The molecule has 0 radical (unpaired) electrons. The number of benzene rings is 2. The molecule has 0 aliphatic carbocycles. The number of aliphatic hydroxyl groups excluding tert-OH is 1. The zero-order chi connectivity index (χ0) is 16.8. The van der Waals surface area contributed by atoms with Crippen molar-refractivity contribution in [3.05, 3.63) is 65.2 Å². The summed E-state index contributed by atoms with van der Waals surface area (Å²) in [6.45, 7) is 3.81. The minimum absolute atomic E-state index is 0.164. The first-order valence-electron chi connectivity index (χ1n) is 7.77. The Bertz CT molecular complexity index is 652. The molecular weight excluding hydrogens is 290 g/mol. The predicted octanol–water partition coefficient (Wildman–Crippen LogP) is 3.11. The van der Waals surface area contributed by atoms with Crippen molar-refractivity contribution in [2.24, 2.45) is 0 Å². The van der Waals surface area contributed by atoms with Crippen LogP contribution in [0.2, 0.25) is 0 Å². The Kier molecular flexibility index (Phi) is 5.77. The van der Waals surface area contributed by atoms with E-state index in [-0.39, 0.29) is 5.91 Å². The largest absolute Gasteiger partial charge is 0.497 e. The van der Waals surface area contributed by atoms with Crippen LogP contribution >= 0.6 is 0 Å². The number of hydrogen-bond acceptors (Lipinski definition) is 3. The van der Waals surface area contributed by atoms with Gasteiger partial charge >= 0.3 is 0 Å². The van der Waals surface area contributed by atoms with E-state index in [0.717, 1.165) is 23.3 Å². The summed E-state index contributed by atoms with van der Waals surface area (Å²) in [5.74, 6) is 0.567. The highest BCUT2D eigenvalue weighted by Gasteiger charge is 2.20. The number of nitrogens with one attached hydrogen (secondary N) is 1. The van der Waals surface area contributed by atoms with Crippen LogP contribution in [0.5, 0.6) is 5.75 Å². The number of carbonyl (C=O) groups is 1. The Morgan fingerprint density at radius 1 is 1.17 bits per heavy atom. The smallest absolute Gasteiger partial charge is 0.251 e. The molecule has 23 heavy (non-hydrogen) atoms. The number of hydrogen-bond donors (Lipinski definition) is 2. The Morgan fingerprint density at radius 3 is 2.43 bits per heavy atom. The average molecular weight is 313 g/mol. The molecule has 2 N–H and O–H groups in total. The summed E-state index contributed by atoms with van der Waals surface area (Å²) in [5.41, 5.74) is 2.39. The highest BCUT2D eigenvalue weighted by atomic mass is 16.5. The van der Waals surface area contributed by atoms with Gasteiger partial charge < -0.3 is 15.2 Å². The van der Waals surface area contributed by atoms with Gasteiger partial charge in [0.05, 0.1) is 19.3 Å². The molecule has 1 amide bonds. The van der Waals surface area contributed by atoms with Gasteiger partial charge in [-0.1, -0.05) is 37.3 Å². The molecule has 4 heteroatoms. The maximum absolute atomic E-state index is 12.4. The summed E-state index contributed by atoms with van der Waals surface area (Å²) in [4.78, 5) is 12.4. The number of carbonyl (C=O) groups excluding carboxylic acids is 1. The Balaban J connectivity index is 2.07. The van der Waals surface area contributed by atoms with Crippen molar-refractivity contribution in [2.45, 2.75) is 32.4 Å². The van der Waals surface area contributed by atoms with E-state index < -0.39 is 12.1 Å². The van der Waals surface area contributed by atoms with Gasteiger partial charge in [0.15, 0.2) is 0 Å². The quantitative estimate of drug-likeness (QED) is 0.861. The number of methoxy groups -OCH3 is 1. The van der Waals surface area contributed by atoms with Crippen molar-refractivity contribution >= 4 is 5.91 Å². The van der Waals surface area contributed by atoms with Gasteiger partial charge in [0, 0.05) is 5.56 Å². The summed E-state index contributed by atoms with van der Waals surface area (Å²) in [6.07, 6.45) is 0.0116.